The lowest BCUT2D eigenvalue weighted by Gasteiger charge is -1.84. The smallest absolute Gasteiger partial charge is 0.0983 e. The number of alkyl halides is 3. The first kappa shape index (κ1) is 5.39. The molecule has 6 heavy (non-hydrogen) atoms. The Balaban J connectivity index is 2.41. The van der Waals surface area contributed by atoms with Crippen molar-refractivity contribution in [3.05, 3.63) is 0 Å². The van der Waals surface area contributed by atoms with E-state index < -0.39 is 0 Å². The summed E-state index contributed by atoms with van der Waals surface area (Å²) in [5, 5.41) is 0.303. The maximum absolute atomic E-state index is 5.58. The molecule has 0 bridgehead atoms. The first-order chi connectivity index (χ1) is 2.63. The van der Waals surface area contributed by atoms with Crippen LogP contribution in [0.3, 0.4) is 0 Å². The third kappa shape index (κ3) is 0.903. The van der Waals surface area contributed by atoms with Crippen LogP contribution < -0.4 is 0 Å². The molecule has 0 spiro atoms. The van der Waals surface area contributed by atoms with Crippen LogP contribution in [0.15, 0.2) is 0 Å². The highest BCUT2D eigenvalue weighted by Gasteiger charge is 2.48. The molecule has 1 unspecified atom stereocenters. The van der Waals surface area contributed by atoms with Gasteiger partial charge in [-0.15, -0.1) is 11.6 Å². The molecule has 1 aliphatic carbocycles. The van der Waals surface area contributed by atoms with E-state index in [2.05, 4.69) is 31.9 Å². The van der Waals surface area contributed by atoms with Crippen LogP contribution >= 0.6 is 43.5 Å². The average molecular weight is 234 g/mol. The summed E-state index contributed by atoms with van der Waals surface area (Å²) in [5.41, 5.74) is 0. The molecule has 0 aromatic rings. The number of rotatable bonds is 0. The van der Waals surface area contributed by atoms with Crippen LogP contribution in [0, 0.1) is 0 Å². The van der Waals surface area contributed by atoms with Crippen molar-refractivity contribution in [1.82, 2.24) is 0 Å². The Bertz CT molecular complexity index is 71.2. The summed E-state index contributed by atoms with van der Waals surface area (Å²) in [4.78, 5) is 0. The lowest BCUT2D eigenvalue weighted by molar-refractivity contribution is 1.48. The highest BCUT2D eigenvalue weighted by atomic mass is 79.9. The second-order valence-electron chi connectivity index (χ2n) is 1.43. The number of halogens is 3. The molecular formula is C3H3Br2Cl. The molecule has 0 nitrogen and oxygen atoms in total. The standard InChI is InChI=1S/C3H3Br2Cl/c4-3(5)1-2(3)6/h2H,1H2. The summed E-state index contributed by atoms with van der Waals surface area (Å²) < 4.78 is 0.0988. The molecule has 0 N–H and O–H groups in total. The van der Waals surface area contributed by atoms with Crippen molar-refractivity contribution in [3.63, 3.8) is 0 Å². The fourth-order valence-electron chi connectivity index (χ4n) is 0.180. The fraction of sp³-hybridized carbons (Fsp3) is 1.00. The lowest BCUT2D eigenvalue weighted by Crippen LogP contribution is -1.81. The van der Waals surface area contributed by atoms with Gasteiger partial charge in [0.2, 0.25) is 0 Å². The molecule has 1 aliphatic rings. The minimum atomic E-state index is 0.0988. The monoisotopic (exact) mass is 232 g/mol. The van der Waals surface area contributed by atoms with Crippen molar-refractivity contribution >= 4 is 43.5 Å². The van der Waals surface area contributed by atoms with E-state index in [0.29, 0.717) is 5.38 Å². The summed E-state index contributed by atoms with van der Waals surface area (Å²) in [5.74, 6) is 0. The Kier molecular flexibility index (Phi) is 1.22. The van der Waals surface area contributed by atoms with Crippen molar-refractivity contribution in [3.8, 4) is 0 Å². The van der Waals surface area contributed by atoms with Gasteiger partial charge in [-0.05, 0) is 6.42 Å². The average Bonchev–Trinajstić information content (AvgIpc) is 1.73. The summed E-state index contributed by atoms with van der Waals surface area (Å²) >= 11 is 12.3. The fourth-order valence-corrected chi connectivity index (χ4v) is 1.44. The molecule has 1 fully saturated rings. The van der Waals surface area contributed by atoms with Gasteiger partial charge in [0, 0.05) is 0 Å². The number of hydrogen-bond donors (Lipinski definition) is 0. The predicted molar refractivity (Wildman–Crippen MR) is 34.8 cm³/mol. The first-order valence-electron chi connectivity index (χ1n) is 1.65. The van der Waals surface area contributed by atoms with Crippen LogP contribution in [-0.2, 0) is 0 Å². The third-order valence-electron chi connectivity index (χ3n) is 0.750. The molecule has 3 heteroatoms. The van der Waals surface area contributed by atoms with Gasteiger partial charge in [-0.25, -0.2) is 0 Å². The molecule has 0 radical (unpaired) electrons. The third-order valence-corrected chi connectivity index (χ3v) is 3.56. The minimum absolute atomic E-state index is 0.0988. The van der Waals surface area contributed by atoms with E-state index in [4.69, 9.17) is 11.6 Å². The maximum Gasteiger partial charge on any atom is 0.0983 e. The summed E-state index contributed by atoms with van der Waals surface area (Å²) in [7, 11) is 0. The van der Waals surface area contributed by atoms with Crippen molar-refractivity contribution < 1.29 is 0 Å². The first-order valence-corrected chi connectivity index (χ1v) is 3.67. The zero-order valence-electron chi connectivity index (χ0n) is 2.92. The highest BCUT2D eigenvalue weighted by molar-refractivity contribution is 9.25. The van der Waals surface area contributed by atoms with E-state index >= 15 is 0 Å². The minimum Gasteiger partial charge on any atom is -0.120 e. The van der Waals surface area contributed by atoms with Gasteiger partial charge < -0.3 is 0 Å². The van der Waals surface area contributed by atoms with E-state index in [1.165, 1.54) is 0 Å². The number of hydrogen-bond acceptors (Lipinski definition) is 0. The Hall–Kier alpha value is 1.25. The van der Waals surface area contributed by atoms with Crippen molar-refractivity contribution in [2.45, 2.75) is 15.0 Å². The molecule has 1 atom stereocenters. The van der Waals surface area contributed by atoms with Crippen LogP contribution in [0.4, 0.5) is 0 Å². The van der Waals surface area contributed by atoms with E-state index in [1.54, 1.807) is 0 Å². The predicted octanol–water partition coefficient (Wildman–Crippen LogP) is 2.48. The molecule has 1 saturated carbocycles. The Morgan fingerprint density at radius 1 is 1.67 bits per heavy atom. The SMILES string of the molecule is ClC1CC1(Br)Br. The van der Waals surface area contributed by atoms with Crippen LogP contribution in [0.25, 0.3) is 0 Å². The molecule has 0 amide bonds. The lowest BCUT2D eigenvalue weighted by atomic mass is 11.0. The summed E-state index contributed by atoms with van der Waals surface area (Å²) in [6.45, 7) is 0. The maximum atomic E-state index is 5.58. The van der Waals surface area contributed by atoms with E-state index in [9.17, 15) is 0 Å². The Morgan fingerprint density at radius 2 is 1.83 bits per heavy atom. The summed E-state index contributed by atoms with van der Waals surface area (Å²) in [6, 6.07) is 0. The molecule has 0 aromatic carbocycles. The quantitative estimate of drug-likeness (QED) is 0.565. The van der Waals surface area contributed by atoms with E-state index in [-0.39, 0.29) is 3.23 Å². The topological polar surface area (TPSA) is 0 Å². The molecule has 0 aromatic heterocycles. The zero-order chi connectivity index (χ0) is 4.78. The van der Waals surface area contributed by atoms with Gasteiger partial charge in [-0.3, -0.25) is 0 Å². The Morgan fingerprint density at radius 3 is 1.83 bits per heavy atom. The van der Waals surface area contributed by atoms with Crippen LogP contribution in [0.1, 0.15) is 6.42 Å². The van der Waals surface area contributed by atoms with Crippen LogP contribution in [-0.4, -0.2) is 8.61 Å². The molecule has 0 aliphatic heterocycles. The Labute approximate surface area is 58.5 Å². The van der Waals surface area contributed by atoms with Crippen LogP contribution in [0.5, 0.6) is 0 Å². The van der Waals surface area contributed by atoms with Crippen LogP contribution in [0.2, 0.25) is 0 Å². The van der Waals surface area contributed by atoms with Gasteiger partial charge >= 0.3 is 0 Å². The molecule has 1 rings (SSSR count). The van der Waals surface area contributed by atoms with Gasteiger partial charge in [0.25, 0.3) is 0 Å². The van der Waals surface area contributed by atoms with Crippen molar-refractivity contribution in [2.24, 2.45) is 0 Å². The van der Waals surface area contributed by atoms with E-state index in [1.807, 2.05) is 0 Å². The summed E-state index contributed by atoms with van der Waals surface area (Å²) in [6.07, 6.45) is 1.04. The van der Waals surface area contributed by atoms with Crippen molar-refractivity contribution in [1.29, 1.82) is 0 Å². The zero-order valence-corrected chi connectivity index (χ0v) is 6.85. The van der Waals surface area contributed by atoms with Crippen molar-refractivity contribution in [2.75, 3.05) is 0 Å². The highest BCUT2D eigenvalue weighted by Crippen LogP contribution is 2.53. The van der Waals surface area contributed by atoms with Gasteiger partial charge in [0.1, 0.15) is 0 Å². The molecule has 0 saturated heterocycles. The second-order valence-corrected chi connectivity index (χ2v) is 5.85. The van der Waals surface area contributed by atoms with Gasteiger partial charge in [-0.2, -0.15) is 0 Å². The second kappa shape index (κ2) is 1.36. The van der Waals surface area contributed by atoms with E-state index in [0.717, 1.165) is 6.42 Å². The normalized spacial score (nSPS) is 39.5. The van der Waals surface area contributed by atoms with Gasteiger partial charge in [0.05, 0.1) is 8.61 Å². The van der Waals surface area contributed by atoms with Gasteiger partial charge in [0.15, 0.2) is 0 Å². The largest absolute Gasteiger partial charge is 0.120 e. The van der Waals surface area contributed by atoms with Gasteiger partial charge in [-0.1, -0.05) is 31.9 Å². The molecule has 36 valence electrons. The molecule has 0 heterocycles. The molecular weight excluding hydrogens is 231 g/mol.